The van der Waals surface area contributed by atoms with Crippen molar-refractivity contribution in [3.8, 4) is 0 Å². The number of hydrogen-bond donors (Lipinski definition) is 2. The lowest BCUT2D eigenvalue weighted by Gasteiger charge is -2.26. The van der Waals surface area contributed by atoms with E-state index in [2.05, 4.69) is 10.6 Å². The van der Waals surface area contributed by atoms with Crippen molar-refractivity contribution < 1.29 is 23.9 Å². The van der Waals surface area contributed by atoms with Gasteiger partial charge in [-0.25, -0.2) is 9.59 Å². The van der Waals surface area contributed by atoms with Gasteiger partial charge in [0.1, 0.15) is 18.7 Å². The van der Waals surface area contributed by atoms with Crippen LogP contribution in [0.5, 0.6) is 0 Å². The topological polar surface area (TPSA) is 93.7 Å². The third-order valence-corrected chi connectivity index (χ3v) is 3.94. The van der Waals surface area contributed by atoms with Gasteiger partial charge in [0.05, 0.1) is 6.61 Å². The molecule has 0 bridgehead atoms. The van der Waals surface area contributed by atoms with Gasteiger partial charge in [0.2, 0.25) is 5.91 Å². The van der Waals surface area contributed by atoms with Crippen molar-refractivity contribution in [2.75, 3.05) is 6.61 Å². The van der Waals surface area contributed by atoms with E-state index in [0.717, 1.165) is 5.56 Å². The number of alkyl carbamates (subject to hydrolysis) is 1. The van der Waals surface area contributed by atoms with Crippen molar-refractivity contribution in [1.82, 2.24) is 10.6 Å². The minimum Gasteiger partial charge on any atom is -0.464 e. The van der Waals surface area contributed by atoms with E-state index in [-0.39, 0.29) is 25.0 Å². The minimum absolute atomic E-state index is 0.108. The lowest BCUT2D eigenvalue weighted by molar-refractivity contribution is -0.149. The van der Waals surface area contributed by atoms with Crippen LogP contribution in [-0.4, -0.2) is 36.7 Å². The van der Waals surface area contributed by atoms with E-state index in [0.29, 0.717) is 0 Å². The molecule has 0 heterocycles. The molecule has 0 saturated carbocycles. The fourth-order valence-corrected chi connectivity index (χ4v) is 2.40. The third kappa shape index (κ3) is 7.68. The molecule has 1 aromatic carbocycles. The molecule has 0 fully saturated rings. The van der Waals surface area contributed by atoms with Crippen LogP contribution in [0.15, 0.2) is 30.3 Å². The maximum Gasteiger partial charge on any atom is 0.408 e. The predicted molar refractivity (Wildman–Crippen MR) is 102 cm³/mol. The summed E-state index contributed by atoms with van der Waals surface area (Å²) in [4.78, 5) is 36.8. The first-order valence-electron chi connectivity index (χ1n) is 9.20. The molecule has 150 valence electrons. The molecule has 0 radical (unpaired) electrons. The maximum atomic E-state index is 12.6. The van der Waals surface area contributed by atoms with Crippen LogP contribution in [0.2, 0.25) is 0 Å². The zero-order valence-corrected chi connectivity index (χ0v) is 16.7. The molecule has 7 nitrogen and oxygen atoms in total. The normalized spacial score (nSPS) is 13.0. The van der Waals surface area contributed by atoms with E-state index in [1.165, 1.54) is 0 Å². The highest BCUT2D eigenvalue weighted by molar-refractivity contribution is 5.90. The van der Waals surface area contributed by atoms with Crippen LogP contribution >= 0.6 is 0 Å². The summed E-state index contributed by atoms with van der Waals surface area (Å²) in [6.45, 7) is 9.28. The first-order valence-corrected chi connectivity index (χ1v) is 9.20. The highest BCUT2D eigenvalue weighted by Gasteiger charge is 2.31. The summed E-state index contributed by atoms with van der Waals surface area (Å²) < 4.78 is 10.2. The van der Waals surface area contributed by atoms with E-state index in [4.69, 9.17) is 9.47 Å². The Bertz CT molecular complexity index is 616. The number of ether oxygens (including phenoxy) is 2. The molecule has 0 saturated heterocycles. The highest BCUT2D eigenvalue weighted by atomic mass is 16.5. The summed E-state index contributed by atoms with van der Waals surface area (Å²) in [5.41, 5.74) is 0.848. The van der Waals surface area contributed by atoms with E-state index >= 15 is 0 Å². The van der Waals surface area contributed by atoms with Crippen molar-refractivity contribution in [3.05, 3.63) is 35.9 Å². The predicted octanol–water partition coefficient (Wildman–Crippen LogP) is 2.64. The first kappa shape index (κ1) is 22.5. The van der Waals surface area contributed by atoms with Gasteiger partial charge in [0.15, 0.2) is 0 Å². The fourth-order valence-electron chi connectivity index (χ4n) is 2.40. The van der Waals surface area contributed by atoms with Gasteiger partial charge in [-0.1, -0.05) is 58.0 Å². The Labute approximate surface area is 160 Å². The number of hydrogen-bond acceptors (Lipinski definition) is 5. The molecule has 0 aromatic heterocycles. The van der Waals surface area contributed by atoms with Crippen LogP contribution in [0.4, 0.5) is 4.79 Å². The average molecular weight is 378 g/mol. The number of carbonyl (C=O) groups is 3. The standard InChI is InChI=1S/C20H30N2O5/c1-6-26-19(24)17(14(4)5)21-18(23)16(13(2)3)22-20(25)27-12-15-10-8-7-9-11-15/h7-11,13-14,16-17H,6,12H2,1-5H3,(H,21,23)(H,22,25)/t16-,17-/m0/s1. The van der Waals surface area contributed by atoms with Crippen LogP contribution in [0.3, 0.4) is 0 Å². The quantitative estimate of drug-likeness (QED) is 0.644. The Kier molecular flexibility index (Phi) is 9.33. The highest BCUT2D eigenvalue weighted by Crippen LogP contribution is 2.08. The zero-order valence-electron chi connectivity index (χ0n) is 16.7. The van der Waals surface area contributed by atoms with Gasteiger partial charge in [0, 0.05) is 0 Å². The van der Waals surface area contributed by atoms with Gasteiger partial charge in [-0.2, -0.15) is 0 Å². The number of amides is 2. The maximum absolute atomic E-state index is 12.6. The second-order valence-corrected chi connectivity index (χ2v) is 6.91. The summed E-state index contributed by atoms with van der Waals surface area (Å²) in [5.74, 6) is -1.28. The smallest absolute Gasteiger partial charge is 0.408 e. The van der Waals surface area contributed by atoms with Crippen LogP contribution in [-0.2, 0) is 25.7 Å². The van der Waals surface area contributed by atoms with Crippen molar-refractivity contribution in [1.29, 1.82) is 0 Å². The Morgan fingerprint density at radius 3 is 2.00 bits per heavy atom. The molecule has 2 atom stereocenters. The molecule has 1 aromatic rings. The van der Waals surface area contributed by atoms with Crippen LogP contribution in [0, 0.1) is 11.8 Å². The number of esters is 1. The molecule has 0 spiro atoms. The Hall–Kier alpha value is -2.57. The van der Waals surface area contributed by atoms with Gasteiger partial charge in [-0.15, -0.1) is 0 Å². The molecular weight excluding hydrogens is 348 g/mol. The van der Waals surface area contributed by atoms with Crippen molar-refractivity contribution in [3.63, 3.8) is 0 Å². The molecule has 7 heteroatoms. The van der Waals surface area contributed by atoms with Gasteiger partial charge < -0.3 is 20.1 Å². The lowest BCUT2D eigenvalue weighted by atomic mass is 10.0. The summed E-state index contributed by atoms with van der Waals surface area (Å²) in [7, 11) is 0. The van der Waals surface area contributed by atoms with Crippen molar-refractivity contribution in [2.45, 2.75) is 53.3 Å². The van der Waals surface area contributed by atoms with Crippen LogP contribution in [0.1, 0.15) is 40.2 Å². The number of nitrogens with one attached hydrogen (secondary N) is 2. The van der Waals surface area contributed by atoms with E-state index in [1.54, 1.807) is 20.8 Å². The SMILES string of the molecule is CCOC(=O)[C@@H](NC(=O)[C@@H](NC(=O)OCc1ccccc1)C(C)C)C(C)C. The fraction of sp³-hybridized carbons (Fsp3) is 0.550. The summed E-state index contributed by atoms with van der Waals surface area (Å²) in [5, 5.41) is 5.25. The molecule has 0 aliphatic carbocycles. The van der Waals surface area contributed by atoms with Crippen LogP contribution in [0.25, 0.3) is 0 Å². The second-order valence-electron chi connectivity index (χ2n) is 6.91. The first-order chi connectivity index (χ1) is 12.8. The van der Waals surface area contributed by atoms with E-state index in [9.17, 15) is 14.4 Å². The zero-order chi connectivity index (χ0) is 20.4. The van der Waals surface area contributed by atoms with E-state index in [1.807, 2.05) is 44.2 Å². The van der Waals surface area contributed by atoms with Crippen molar-refractivity contribution in [2.24, 2.45) is 11.8 Å². The van der Waals surface area contributed by atoms with Crippen LogP contribution < -0.4 is 10.6 Å². The lowest BCUT2D eigenvalue weighted by Crippen LogP contribution is -2.55. The Balaban J connectivity index is 2.68. The number of benzene rings is 1. The molecule has 2 N–H and O–H groups in total. The molecule has 27 heavy (non-hydrogen) atoms. The largest absolute Gasteiger partial charge is 0.464 e. The Morgan fingerprint density at radius 1 is 0.889 bits per heavy atom. The molecular formula is C20H30N2O5. The Morgan fingerprint density at radius 2 is 1.48 bits per heavy atom. The summed E-state index contributed by atoms with van der Waals surface area (Å²) in [6.07, 6.45) is -0.690. The average Bonchev–Trinajstić information content (AvgIpc) is 2.62. The molecule has 2 amide bonds. The van der Waals surface area contributed by atoms with Gasteiger partial charge in [-0.05, 0) is 24.3 Å². The number of rotatable bonds is 9. The summed E-state index contributed by atoms with van der Waals surface area (Å²) >= 11 is 0. The minimum atomic E-state index is -0.830. The molecule has 0 aliphatic rings. The monoisotopic (exact) mass is 378 g/mol. The number of carbonyl (C=O) groups excluding carboxylic acids is 3. The molecule has 0 aliphatic heterocycles. The third-order valence-electron chi connectivity index (χ3n) is 3.94. The molecule has 1 rings (SSSR count). The second kappa shape index (κ2) is 11.2. The van der Waals surface area contributed by atoms with Gasteiger partial charge in [0.25, 0.3) is 0 Å². The molecule has 0 unspecified atom stereocenters. The van der Waals surface area contributed by atoms with Gasteiger partial charge in [-0.3, -0.25) is 4.79 Å². The van der Waals surface area contributed by atoms with E-state index < -0.39 is 30.1 Å². The van der Waals surface area contributed by atoms with Crippen molar-refractivity contribution >= 4 is 18.0 Å². The summed E-state index contributed by atoms with van der Waals surface area (Å²) in [6, 6.07) is 7.64. The van der Waals surface area contributed by atoms with Gasteiger partial charge >= 0.3 is 12.1 Å².